The SMILES string of the molecule is CCC(=O)Nc1cccc(C(=O)N2CCC(CNC)C2)c1. The molecule has 1 unspecified atom stereocenters. The third-order valence-corrected chi connectivity index (χ3v) is 3.78. The van der Waals surface area contributed by atoms with Gasteiger partial charge in [0.2, 0.25) is 5.91 Å². The number of benzene rings is 1. The summed E-state index contributed by atoms with van der Waals surface area (Å²) in [5, 5.41) is 5.95. The molecule has 0 bridgehead atoms. The Balaban J connectivity index is 2.03. The molecule has 0 spiro atoms. The van der Waals surface area contributed by atoms with Crippen LogP contribution in [0.2, 0.25) is 0 Å². The molecule has 114 valence electrons. The average Bonchev–Trinajstić information content (AvgIpc) is 2.95. The van der Waals surface area contributed by atoms with Crippen molar-refractivity contribution in [2.75, 3.05) is 32.0 Å². The lowest BCUT2D eigenvalue weighted by molar-refractivity contribution is -0.115. The highest BCUT2D eigenvalue weighted by atomic mass is 16.2. The van der Waals surface area contributed by atoms with Crippen molar-refractivity contribution >= 4 is 17.5 Å². The van der Waals surface area contributed by atoms with E-state index in [-0.39, 0.29) is 11.8 Å². The fourth-order valence-corrected chi connectivity index (χ4v) is 2.63. The molecule has 2 amide bonds. The summed E-state index contributed by atoms with van der Waals surface area (Å²) < 4.78 is 0. The van der Waals surface area contributed by atoms with Crippen LogP contribution in [0.1, 0.15) is 30.1 Å². The van der Waals surface area contributed by atoms with E-state index in [1.807, 2.05) is 11.9 Å². The lowest BCUT2D eigenvalue weighted by atomic mass is 10.1. The summed E-state index contributed by atoms with van der Waals surface area (Å²) >= 11 is 0. The van der Waals surface area contributed by atoms with Crippen molar-refractivity contribution in [1.29, 1.82) is 0 Å². The van der Waals surface area contributed by atoms with E-state index in [1.165, 1.54) is 0 Å². The Morgan fingerprint density at radius 1 is 1.38 bits per heavy atom. The van der Waals surface area contributed by atoms with Gasteiger partial charge in [0.25, 0.3) is 5.91 Å². The number of hydrogen-bond donors (Lipinski definition) is 2. The maximum atomic E-state index is 12.5. The summed E-state index contributed by atoms with van der Waals surface area (Å²) in [5.74, 6) is 0.526. The molecule has 0 saturated carbocycles. The summed E-state index contributed by atoms with van der Waals surface area (Å²) in [4.78, 5) is 25.8. The van der Waals surface area contributed by atoms with Gasteiger partial charge in [-0.15, -0.1) is 0 Å². The number of rotatable bonds is 5. The number of hydrogen-bond acceptors (Lipinski definition) is 3. The van der Waals surface area contributed by atoms with Gasteiger partial charge in [-0.05, 0) is 44.1 Å². The Morgan fingerprint density at radius 2 is 2.19 bits per heavy atom. The number of amides is 2. The van der Waals surface area contributed by atoms with Gasteiger partial charge in [-0.1, -0.05) is 13.0 Å². The molecule has 1 aromatic carbocycles. The predicted octanol–water partition coefficient (Wildman–Crippen LogP) is 1.72. The fraction of sp³-hybridized carbons (Fsp3) is 0.500. The Labute approximate surface area is 125 Å². The third-order valence-electron chi connectivity index (χ3n) is 3.78. The normalized spacial score (nSPS) is 17.8. The molecule has 2 rings (SSSR count). The number of carbonyl (C=O) groups is 2. The van der Waals surface area contributed by atoms with Crippen LogP contribution < -0.4 is 10.6 Å². The molecule has 5 heteroatoms. The highest BCUT2D eigenvalue weighted by Gasteiger charge is 2.26. The van der Waals surface area contributed by atoms with E-state index < -0.39 is 0 Å². The van der Waals surface area contributed by atoms with Gasteiger partial charge in [0.15, 0.2) is 0 Å². The second-order valence-electron chi connectivity index (χ2n) is 5.45. The van der Waals surface area contributed by atoms with E-state index in [0.717, 1.165) is 26.1 Å². The van der Waals surface area contributed by atoms with Crippen LogP contribution in [0, 0.1) is 5.92 Å². The maximum absolute atomic E-state index is 12.5. The van der Waals surface area contributed by atoms with Gasteiger partial charge < -0.3 is 15.5 Å². The van der Waals surface area contributed by atoms with Crippen molar-refractivity contribution in [3.8, 4) is 0 Å². The lowest BCUT2D eigenvalue weighted by Crippen LogP contribution is -2.30. The van der Waals surface area contributed by atoms with Crippen molar-refractivity contribution in [2.45, 2.75) is 19.8 Å². The van der Waals surface area contributed by atoms with Crippen molar-refractivity contribution in [2.24, 2.45) is 5.92 Å². The summed E-state index contributed by atoms with van der Waals surface area (Å²) in [6.07, 6.45) is 1.47. The van der Waals surface area contributed by atoms with Crippen LogP contribution >= 0.6 is 0 Å². The van der Waals surface area contributed by atoms with Crippen molar-refractivity contribution < 1.29 is 9.59 Å². The van der Waals surface area contributed by atoms with E-state index in [9.17, 15) is 9.59 Å². The zero-order valence-electron chi connectivity index (χ0n) is 12.7. The lowest BCUT2D eigenvalue weighted by Gasteiger charge is -2.17. The van der Waals surface area contributed by atoms with E-state index >= 15 is 0 Å². The first-order chi connectivity index (χ1) is 10.1. The third kappa shape index (κ3) is 4.04. The number of nitrogens with zero attached hydrogens (tertiary/aromatic N) is 1. The van der Waals surface area contributed by atoms with Gasteiger partial charge in [-0.3, -0.25) is 9.59 Å². The quantitative estimate of drug-likeness (QED) is 0.867. The molecule has 1 fully saturated rings. The first kappa shape index (κ1) is 15.5. The van der Waals surface area contributed by atoms with Gasteiger partial charge in [-0.25, -0.2) is 0 Å². The van der Waals surface area contributed by atoms with Crippen molar-refractivity contribution in [1.82, 2.24) is 10.2 Å². The molecule has 1 aliphatic rings. The Kier molecular flexibility index (Phi) is 5.33. The number of anilines is 1. The Bertz CT molecular complexity index is 516. The first-order valence-corrected chi connectivity index (χ1v) is 7.47. The molecule has 0 radical (unpaired) electrons. The molecule has 1 heterocycles. The zero-order chi connectivity index (χ0) is 15.2. The van der Waals surface area contributed by atoms with Crippen LogP contribution in [0.4, 0.5) is 5.69 Å². The monoisotopic (exact) mass is 289 g/mol. The van der Waals surface area contributed by atoms with Gasteiger partial charge in [0, 0.05) is 30.8 Å². The molecule has 1 aliphatic heterocycles. The second-order valence-corrected chi connectivity index (χ2v) is 5.45. The Morgan fingerprint density at radius 3 is 2.90 bits per heavy atom. The van der Waals surface area contributed by atoms with E-state index in [1.54, 1.807) is 31.2 Å². The van der Waals surface area contributed by atoms with Crippen LogP contribution in [0.15, 0.2) is 24.3 Å². The minimum atomic E-state index is -0.0464. The van der Waals surface area contributed by atoms with Crippen LogP contribution in [0.25, 0.3) is 0 Å². The van der Waals surface area contributed by atoms with Crippen LogP contribution in [-0.4, -0.2) is 43.4 Å². The molecule has 0 aromatic heterocycles. The van der Waals surface area contributed by atoms with Gasteiger partial charge in [0.05, 0.1) is 0 Å². The molecule has 1 atom stereocenters. The van der Waals surface area contributed by atoms with E-state index in [2.05, 4.69) is 10.6 Å². The second kappa shape index (κ2) is 7.22. The Hall–Kier alpha value is -1.88. The van der Waals surface area contributed by atoms with E-state index in [4.69, 9.17) is 0 Å². The first-order valence-electron chi connectivity index (χ1n) is 7.47. The topological polar surface area (TPSA) is 61.4 Å². The maximum Gasteiger partial charge on any atom is 0.253 e. The molecular formula is C16H23N3O2. The molecule has 21 heavy (non-hydrogen) atoms. The number of nitrogens with one attached hydrogen (secondary N) is 2. The largest absolute Gasteiger partial charge is 0.338 e. The fourth-order valence-electron chi connectivity index (χ4n) is 2.63. The number of carbonyl (C=O) groups excluding carboxylic acids is 2. The summed E-state index contributed by atoms with van der Waals surface area (Å²) in [7, 11) is 1.93. The molecule has 1 saturated heterocycles. The average molecular weight is 289 g/mol. The molecule has 1 aromatic rings. The predicted molar refractivity (Wildman–Crippen MR) is 83.3 cm³/mol. The van der Waals surface area contributed by atoms with E-state index in [0.29, 0.717) is 23.6 Å². The molecule has 5 nitrogen and oxygen atoms in total. The summed E-state index contributed by atoms with van der Waals surface area (Å²) in [5.41, 5.74) is 1.31. The minimum Gasteiger partial charge on any atom is -0.338 e. The molecule has 2 N–H and O–H groups in total. The minimum absolute atomic E-state index is 0.0428. The zero-order valence-corrected chi connectivity index (χ0v) is 12.7. The summed E-state index contributed by atoms with van der Waals surface area (Å²) in [6.45, 7) is 4.34. The highest BCUT2D eigenvalue weighted by Crippen LogP contribution is 2.19. The van der Waals surface area contributed by atoms with Crippen LogP contribution in [0.3, 0.4) is 0 Å². The smallest absolute Gasteiger partial charge is 0.253 e. The van der Waals surface area contributed by atoms with Crippen LogP contribution in [-0.2, 0) is 4.79 Å². The van der Waals surface area contributed by atoms with Crippen molar-refractivity contribution in [3.63, 3.8) is 0 Å². The standard InChI is InChI=1S/C16H23N3O2/c1-3-15(20)18-14-6-4-5-13(9-14)16(21)19-8-7-12(11-19)10-17-2/h4-6,9,12,17H,3,7-8,10-11H2,1-2H3,(H,18,20). The van der Waals surface area contributed by atoms with Crippen molar-refractivity contribution in [3.05, 3.63) is 29.8 Å². The van der Waals surface area contributed by atoms with Gasteiger partial charge in [-0.2, -0.15) is 0 Å². The molecular weight excluding hydrogens is 266 g/mol. The highest BCUT2D eigenvalue weighted by molar-refractivity contribution is 5.97. The summed E-state index contributed by atoms with van der Waals surface area (Å²) in [6, 6.07) is 7.16. The van der Waals surface area contributed by atoms with Crippen LogP contribution in [0.5, 0.6) is 0 Å². The van der Waals surface area contributed by atoms with Gasteiger partial charge in [0.1, 0.15) is 0 Å². The molecule has 0 aliphatic carbocycles. The number of likely N-dealkylation sites (tertiary alicyclic amines) is 1. The van der Waals surface area contributed by atoms with Gasteiger partial charge >= 0.3 is 0 Å².